The number of nitrogens with one attached hydrogen (secondary N) is 1. The normalized spacial score (nSPS) is 21.1. The molecule has 3 heterocycles. The van der Waals surface area contributed by atoms with Crippen molar-refractivity contribution in [2.75, 3.05) is 23.3 Å². The summed E-state index contributed by atoms with van der Waals surface area (Å²) in [6, 6.07) is 6.21. The Bertz CT molecular complexity index is 1410. The summed E-state index contributed by atoms with van der Waals surface area (Å²) in [6.45, 7) is 6.18. The van der Waals surface area contributed by atoms with E-state index >= 15 is 0 Å². The maximum absolute atomic E-state index is 13.8. The number of aryl methyl sites for hydroxylation is 1. The van der Waals surface area contributed by atoms with Gasteiger partial charge in [0.2, 0.25) is 5.95 Å². The summed E-state index contributed by atoms with van der Waals surface area (Å²) in [6.07, 6.45) is 0. The molecule has 0 amide bonds. The van der Waals surface area contributed by atoms with E-state index in [0.717, 1.165) is 5.56 Å². The van der Waals surface area contributed by atoms with Gasteiger partial charge in [0.1, 0.15) is 5.15 Å². The number of carboxylic acids is 1. The van der Waals surface area contributed by atoms with Gasteiger partial charge in [0.15, 0.2) is 5.69 Å². The van der Waals surface area contributed by atoms with E-state index in [9.17, 15) is 23.5 Å². The highest BCUT2D eigenvalue weighted by molar-refractivity contribution is 6.29. The topological polar surface area (TPSA) is 100 Å². The average molecular weight is 504 g/mol. The lowest BCUT2D eigenvalue weighted by molar-refractivity contribution is 0.0691. The first-order valence-electron chi connectivity index (χ1n) is 11.4. The Hall–Kier alpha value is -3.27. The molecule has 11 heteroatoms. The van der Waals surface area contributed by atoms with E-state index in [-0.39, 0.29) is 35.2 Å². The largest absolute Gasteiger partial charge is 0.476 e. The molecule has 8 nitrogen and oxygen atoms in total. The van der Waals surface area contributed by atoms with Gasteiger partial charge in [0.25, 0.3) is 11.5 Å². The molecule has 1 saturated heterocycles. The minimum Gasteiger partial charge on any atom is -0.476 e. The van der Waals surface area contributed by atoms with Gasteiger partial charge in [-0.05, 0) is 44.5 Å². The van der Waals surface area contributed by atoms with E-state index in [1.807, 2.05) is 26.8 Å². The van der Waals surface area contributed by atoms with Gasteiger partial charge in [-0.15, -0.1) is 0 Å². The Labute approximate surface area is 204 Å². The average Bonchev–Trinajstić information content (AvgIpc) is 3.13. The summed E-state index contributed by atoms with van der Waals surface area (Å²) in [4.78, 5) is 35.6. The molecular formula is C24H24ClF2N5O3. The van der Waals surface area contributed by atoms with E-state index in [1.165, 1.54) is 16.7 Å². The Morgan fingerprint density at radius 1 is 1.29 bits per heavy atom. The van der Waals surface area contributed by atoms with Crippen LogP contribution in [0.4, 0.5) is 20.4 Å². The predicted molar refractivity (Wildman–Crippen MR) is 129 cm³/mol. The highest BCUT2D eigenvalue weighted by Crippen LogP contribution is 2.59. The highest BCUT2D eigenvalue weighted by atomic mass is 35.5. The molecule has 1 saturated carbocycles. The SMILES string of the molecule is CCn1c(N2CC3C(C2)C3(F)F)nc2c(C(C)Nc3ccc(Cl)nc3C(=O)O)cc(C)cc2c1=O. The second kappa shape index (κ2) is 8.15. The van der Waals surface area contributed by atoms with Crippen LogP contribution >= 0.6 is 11.6 Å². The quantitative estimate of drug-likeness (QED) is 0.482. The number of piperidine rings is 1. The number of aromatic carboxylic acids is 1. The Kier molecular flexibility index (Phi) is 5.47. The van der Waals surface area contributed by atoms with Gasteiger partial charge in [-0.25, -0.2) is 23.5 Å². The summed E-state index contributed by atoms with van der Waals surface area (Å²) in [7, 11) is 0. The molecular weight excluding hydrogens is 480 g/mol. The third kappa shape index (κ3) is 3.80. The summed E-state index contributed by atoms with van der Waals surface area (Å²) in [5, 5.41) is 13.2. The number of carbonyl (C=O) groups is 1. The van der Waals surface area contributed by atoms with Crippen molar-refractivity contribution in [3.05, 3.63) is 56.6 Å². The number of fused-ring (bicyclic) bond motifs is 2. The molecule has 2 fully saturated rings. The van der Waals surface area contributed by atoms with Crippen molar-refractivity contribution >= 4 is 40.1 Å². The van der Waals surface area contributed by atoms with Gasteiger partial charge in [-0.1, -0.05) is 17.7 Å². The number of aromatic nitrogens is 3. The first-order chi connectivity index (χ1) is 16.5. The minimum atomic E-state index is -2.64. The van der Waals surface area contributed by atoms with Gasteiger partial charge in [-0.2, -0.15) is 0 Å². The van der Waals surface area contributed by atoms with Crippen LogP contribution in [0.1, 0.15) is 41.5 Å². The Morgan fingerprint density at radius 3 is 2.60 bits per heavy atom. The van der Waals surface area contributed by atoms with Crippen LogP contribution in [0, 0.1) is 18.8 Å². The second-order valence-corrected chi connectivity index (χ2v) is 9.59. The monoisotopic (exact) mass is 503 g/mol. The van der Waals surface area contributed by atoms with Crippen molar-refractivity contribution < 1.29 is 18.7 Å². The molecule has 1 aliphatic heterocycles. The Morgan fingerprint density at radius 2 is 1.97 bits per heavy atom. The standard InChI is InChI=1S/C24H24ClF2N5O3/c1-4-32-21(33)14-8-11(2)7-13(12(3)28-17-5-6-18(25)29-20(17)22(34)35)19(14)30-23(32)31-9-15-16(10-31)24(15,26)27/h5-8,12,15-16,28H,4,9-10H2,1-3H3,(H,34,35). The molecule has 3 unspecified atom stereocenters. The number of benzene rings is 1. The van der Waals surface area contributed by atoms with Crippen molar-refractivity contribution in [3.8, 4) is 0 Å². The van der Waals surface area contributed by atoms with Crippen LogP contribution in [0.25, 0.3) is 10.9 Å². The van der Waals surface area contributed by atoms with Crippen LogP contribution in [0.15, 0.2) is 29.1 Å². The lowest BCUT2D eigenvalue weighted by Crippen LogP contribution is -2.35. The number of alkyl halides is 2. The molecule has 0 bridgehead atoms. The van der Waals surface area contributed by atoms with Crippen LogP contribution < -0.4 is 15.8 Å². The zero-order valence-corrected chi connectivity index (χ0v) is 20.1. The molecule has 3 aromatic rings. The van der Waals surface area contributed by atoms with Crippen LogP contribution in [0.3, 0.4) is 0 Å². The second-order valence-electron chi connectivity index (χ2n) is 9.21. The zero-order valence-electron chi connectivity index (χ0n) is 19.3. The molecule has 2 aromatic heterocycles. The fraction of sp³-hybridized carbons (Fsp3) is 0.417. The summed E-state index contributed by atoms with van der Waals surface area (Å²) < 4.78 is 29.1. The smallest absolute Gasteiger partial charge is 0.356 e. The number of rotatable bonds is 6. The molecule has 1 aliphatic carbocycles. The van der Waals surface area contributed by atoms with Crippen LogP contribution in [0.5, 0.6) is 0 Å². The number of pyridine rings is 1. The fourth-order valence-corrected chi connectivity index (χ4v) is 5.19. The van der Waals surface area contributed by atoms with Crippen molar-refractivity contribution in [3.63, 3.8) is 0 Å². The van der Waals surface area contributed by atoms with Crippen LogP contribution in [0.2, 0.25) is 5.15 Å². The van der Waals surface area contributed by atoms with Crippen molar-refractivity contribution in [1.82, 2.24) is 14.5 Å². The van der Waals surface area contributed by atoms with Gasteiger partial charge in [0, 0.05) is 25.2 Å². The van der Waals surface area contributed by atoms with Crippen LogP contribution in [-0.2, 0) is 6.54 Å². The molecule has 3 atom stereocenters. The number of anilines is 2. The minimum absolute atomic E-state index is 0.0577. The van der Waals surface area contributed by atoms with Gasteiger partial charge < -0.3 is 15.3 Å². The van der Waals surface area contributed by atoms with E-state index in [1.54, 1.807) is 11.0 Å². The summed E-state index contributed by atoms with van der Waals surface area (Å²) in [5.41, 5.74) is 1.78. The first kappa shape index (κ1) is 23.5. The maximum Gasteiger partial charge on any atom is 0.356 e. The molecule has 1 aromatic carbocycles. The van der Waals surface area contributed by atoms with E-state index in [2.05, 4.69) is 10.3 Å². The number of hydrogen-bond acceptors (Lipinski definition) is 6. The maximum atomic E-state index is 13.8. The summed E-state index contributed by atoms with van der Waals surface area (Å²) >= 11 is 5.87. The highest BCUT2D eigenvalue weighted by Gasteiger charge is 2.72. The van der Waals surface area contributed by atoms with Crippen molar-refractivity contribution in [2.24, 2.45) is 11.8 Å². The van der Waals surface area contributed by atoms with Crippen LogP contribution in [-0.4, -0.2) is 44.6 Å². The van der Waals surface area contributed by atoms with Crippen molar-refractivity contribution in [1.29, 1.82) is 0 Å². The molecule has 0 radical (unpaired) electrons. The predicted octanol–water partition coefficient (Wildman–Crippen LogP) is 4.35. The number of hydrogen-bond donors (Lipinski definition) is 2. The van der Waals surface area contributed by atoms with Crippen molar-refractivity contribution in [2.45, 2.75) is 39.3 Å². The van der Waals surface area contributed by atoms with Gasteiger partial charge >= 0.3 is 5.97 Å². The molecule has 5 rings (SSSR count). The third-order valence-corrected chi connectivity index (χ3v) is 7.12. The lowest BCUT2D eigenvalue weighted by Gasteiger charge is -2.25. The third-order valence-electron chi connectivity index (χ3n) is 6.91. The van der Waals surface area contributed by atoms with E-state index in [4.69, 9.17) is 16.6 Å². The zero-order chi connectivity index (χ0) is 25.2. The molecule has 184 valence electrons. The number of nitrogens with zero attached hydrogens (tertiary/aromatic N) is 4. The molecule has 2 N–H and O–H groups in total. The van der Waals surface area contributed by atoms with Gasteiger partial charge in [-0.3, -0.25) is 9.36 Å². The van der Waals surface area contributed by atoms with Gasteiger partial charge in [0.05, 0.1) is 34.5 Å². The first-order valence-corrected chi connectivity index (χ1v) is 11.7. The molecule has 35 heavy (non-hydrogen) atoms. The molecule has 2 aliphatic rings. The summed E-state index contributed by atoms with van der Waals surface area (Å²) in [5.74, 6) is -4.90. The lowest BCUT2D eigenvalue weighted by atomic mass is 10.0. The van der Waals surface area contributed by atoms with E-state index < -0.39 is 29.8 Å². The molecule has 0 spiro atoms. The number of halogens is 3. The van der Waals surface area contributed by atoms with E-state index in [0.29, 0.717) is 29.0 Å². The number of carboxylic acid groups (broad SMARTS) is 1. The fourth-order valence-electron chi connectivity index (χ4n) is 5.04. The Balaban J connectivity index is 1.59.